The summed E-state index contributed by atoms with van der Waals surface area (Å²) in [5.74, 6) is -0.315. The van der Waals surface area contributed by atoms with Crippen LogP contribution in [0.1, 0.15) is 34.1 Å². The van der Waals surface area contributed by atoms with Crippen LogP contribution >= 0.6 is 0 Å². The molecule has 90 valence electrons. The summed E-state index contributed by atoms with van der Waals surface area (Å²) in [4.78, 5) is 13.3. The topological polar surface area (TPSA) is 46.3 Å². The van der Waals surface area contributed by atoms with Crippen molar-refractivity contribution >= 4 is 5.91 Å². The molecule has 1 aliphatic rings. The predicted molar refractivity (Wildman–Crippen MR) is 66.7 cm³/mol. The molecule has 3 nitrogen and oxygen atoms in total. The number of nitrogens with zero attached hydrogens (tertiary/aromatic N) is 1. The molecule has 16 heavy (non-hydrogen) atoms. The maximum atomic E-state index is 11.1. The Balaban J connectivity index is 2.86. The van der Waals surface area contributed by atoms with Gasteiger partial charge in [-0.3, -0.25) is 4.79 Å². The molecular formula is C13H22N2O. The van der Waals surface area contributed by atoms with Crippen LogP contribution in [-0.4, -0.2) is 23.9 Å². The highest BCUT2D eigenvalue weighted by molar-refractivity contribution is 5.93. The van der Waals surface area contributed by atoms with Crippen molar-refractivity contribution in [3.05, 3.63) is 23.4 Å². The van der Waals surface area contributed by atoms with Crippen LogP contribution in [0.2, 0.25) is 0 Å². The Morgan fingerprint density at radius 3 is 2.50 bits per heavy atom. The monoisotopic (exact) mass is 222 g/mol. The Morgan fingerprint density at radius 1 is 1.44 bits per heavy atom. The average molecular weight is 222 g/mol. The zero-order chi connectivity index (χ0) is 12.3. The van der Waals surface area contributed by atoms with Crippen LogP contribution in [0.15, 0.2) is 23.4 Å². The first-order chi connectivity index (χ1) is 7.33. The number of allylic oxidation sites excluding steroid dienone is 3. The second kappa shape index (κ2) is 4.73. The van der Waals surface area contributed by atoms with E-state index in [1.54, 1.807) is 0 Å². The van der Waals surface area contributed by atoms with Gasteiger partial charge in [-0.2, -0.15) is 0 Å². The SMILES string of the molecule is CCN1CC(C(N)=O)=CC=C1CC(C)(C)C. The van der Waals surface area contributed by atoms with E-state index in [-0.39, 0.29) is 11.3 Å². The van der Waals surface area contributed by atoms with Gasteiger partial charge in [0.15, 0.2) is 0 Å². The lowest BCUT2D eigenvalue weighted by Crippen LogP contribution is -2.33. The number of nitrogens with two attached hydrogens (primary N) is 1. The lowest BCUT2D eigenvalue weighted by Gasteiger charge is -2.33. The Morgan fingerprint density at radius 2 is 2.06 bits per heavy atom. The molecule has 0 bridgehead atoms. The highest BCUT2D eigenvalue weighted by Crippen LogP contribution is 2.28. The minimum atomic E-state index is -0.315. The lowest BCUT2D eigenvalue weighted by molar-refractivity contribution is -0.114. The van der Waals surface area contributed by atoms with Gasteiger partial charge in [0.2, 0.25) is 5.91 Å². The number of primary amides is 1. The van der Waals surface area contributed by atoms with Crippen molar-refractivity contribution in [2.24, 2.45) is 11.1 Å². The van der Waals surface area contributed by atoms with Crippen LogP contribution in [-0.2, 0) is 4.79 Å². The first-order valence-electron chi connectivity index (χ1n) is 5.78. The molecule has 1 heterocycles. The van der Waals surface area contributed by atoms with Gasteiger partial charge in [0.25, 0.3) is 0 Å². The fourth-order valence-electron chi connectivity index (χ4n) is 1.85. The molecule has 0 radical (unpaired) electrons. The van der Waals surface area contributed by atoms with Gasteiger partial charge in [-0.1, -0.05) is 26.8 Å². The van der Waals surface area contributed by atoms with Gasteiger partial charge in [0, 0.05) is 24.4 Å². The van der Waals surface area contributed by atoms with E-state index < -0.39 is 0 Å². The van der Waals surface area contributed by atoms with E-state index >= 15 is 0 Å². The van der Waals surface area contributed by atoms with Crippen LogP contribution in [0.25, 0.3) is 0 Å². The summed E-state index contributed by atoms with van der Waals surface area (Å²) < 4.78 is 0. The number of likely N-dealkylation sites (N-methyl/N-ethyl adjacent to an activating group) is 1. The largest absolute Gasteiger partial charge is 0.371 e. The van der Waals surface area contributed by atoms with E-state index in [4.69, 9.17) is 5.73 Å². The number of carbonyl (C=O) groups excluding carboxylic acids is 1. The summed E-state index contributed by atoms with van der Waals surface area (Å²) in [6.07, 6.45) is 4.90. The highest BCUT2D eigenvalue weighted by atomic mass is 16.1. The Hall–Kier alpha value is -1.25. The molecule has 0 fully saturated rings. The third-order valence-electron chi connectivity index (χ3n) is 2.65. The molecule has 0 aromatic heterocycles. The second-order valence-electron chi connectivity index (χ2n) is 5.47. The molecule has 1 aliphatic heterocycles. The van der Waals surface area contributed by atoms with E-state index in [1.165, 1.54) is 5.70 Å². The fourth-order valence-corrected chi connectivity index (χ4v) is 1.85. The predicted octanol–water partition coefficient (Wildman–Crippen LogP) is 2.05. The van der Waals surface area contributed by atoms with Crippen molar-refractivity contribution in [1.82, 2.24) is 4.90 Å². The highest BCUT2D eigenvalue weighted by Gasteiger charge is 2.21. The molecule has 0 spiro atoms. The smallest absolute Gasteiger partial charge is 0.246 e. The van der Waals surface area contributed by atoms with Crippen LogP contribution in [0.5, 0.6) is 0 Å². The van der Waals surface area contributed by atoms with Gasteiger partial charge in [0.1, 0.15) is 0 Å². The van der Waals surface area contributed by atoms with Crippen molar-refractivity contribution < 1.29 is 4.79 Å². The molecule has 3 heteroatoms. The summed E-state index contributed by atoms with van der Waals surface area (Å²) >= 11 is 0. The van der Waals surface area contributed by atoms with Gasteiger partial charge in [-0.15, -0.1) is 0 Å². The number of carbonyl (C=O) groups is 1. The molecular weight excluding hydrogens is 200 g/mol. The number of hydrogen-bond acceptors (Lipinski definition) is 2. The van der Waals surface area contributed by atoms with Crippen LogP contribution < -0.4 is 5.73 Å². The minimum Gasteiger partial charge on any atom is -0.371 e. The molecule has 0 saturated carbocycles. The van der Waals surface area contributed by atoms with Crippen LogP contribution in [0.4, 0.5) is 0 Å². The van der Waals surface area contributed by atoms with E-state index in [0.717, 1.165) is 13.0 Å². The Kier molecular flexibility index (Phi) is 3.79. The van der Waals surface area contributed by atoms with E-state index in [2.05, 4.69) is 32.6 Å². The van der Waals surface area contributed by atoms with Crippen molar-refractivity contribution in [2.45, 2.75) is 34.1 Å². The number of amides is 1. The molecule has 2 N–H and O–H groups in total. The first kappa shape index (κ1) is 12.8. The normalized spacial score (nSPS) is 16.9. The maximum Gasteiger partial charge on any atom is 0.246 e. The Labute approximate surface area is 98.0 Å². The van der Waals surface area contributed by atoms with Gasteiger partial charge < -0.3 is 10.6 Å². The molecule has 0 aromatic carbocycles. The van der Waals surface area contributed by atoms with Crippen molar-refractivity contribution in [3.63, 3.8) is 0 Å². The van der Waals surface area contributed by atoms with Crippen LogP contribution in [0, 0.1) is 5.41 Å². The second-order valence-corrected chi connectivity index (χ2v) is 5.47. The molecule has 1 amide bonds. The molecule has 0 saturated heterocycles. The summed E-state index contributed by atoms with van der Waals surface area (Å²) in [7, 11) is 0. The minimum absolute atomic E-state index is 0.261. The lowest BCUT2D eigenvalue weighted by atomic mass is 9.89. The molecule has 0 unspecified atom stereocenters. The molecule has 1 rings (SSSR count). The van der Waals surface area contributed by atoms with E-state index in [1.807, 2.05) is 12.2 Å². The van der Waals surface area contributed by atoms with Gasteiger partial charge in [-0.25, -0.2) is 0 Å². The zero-order valence-corrected chi connectivity index (χ0v) is 10.7. The number of hydrogen-bond donors (Lipinski definition) is 1. The van der Waals surface area contributed by atoms with E-state index in [9.17, 15) is 4.79 Å². The Bertz CT molecular complexity index is 334. The van der Waals surface area contributed by atoms with Crippen LogP contribution in [0.3, 0.4) is 0 Å². The number of rotatable bonds is 3. The molecule has 0 aliphatic carbocycles. The molecule has 0 aromatic rings. The standard InChI is InChI=1S/C13H22N2O/c1-5-15-9-10(12(14)16)6-7-11(15)8-13(2,3)4/h6-7H,5,8-9H2,1-4H3,(H2,14,16). The first-order valence-corrected chi connectivity index (χ1v) is 5.78. The van der Waals surface area contributed by atoms with Gasteiger partial charge in [-0.05, 0) is 24.8 Å². The van der Waals surface area contributed by atoms with Gasteiger partial charge >= 0.3 is 0 Å². The van der Waals surface area contributed by atoms with Crippen molar-refractivity contribution in [3.8, 4) is 0 Å². The van der Waals surface area contributed by atoms with E-state index in [0.29, 0.717) is 12.1 Å². The van der Waals surface area contributed by atoms with Crippen molar-refractivity contribution in [2.75, 3.05) is 13.1 Å². The fraction of sp³-hybridized carbons (Fsp3) is 0.615. The third-order valence-corrected chi connectivity index (χ3v) is 2.65. The maximum absolute atomic E-state index is 11.1. The van der Waals surface area contributed by atoms with Crippen molar-refractivity contribution in [1.29, 1.82) is 0 Å². The summed E-state index contributed by atoms with van der Waals surface area (Å²) in [6.45, 7) is 10.3. The summed E-state index contributed by atoms with van der Waals surface area (Å²) in [6, 6.07) is 0. The van der Waals surface area contributed by atoms with Gasteiger partial charge in [0.05, 0.1) is 0 Å². The summed E-state index contributed by atoms with van der Waals surface area (Å²) in [5, 5.41) is 0. The average Bonchev–Trinajstić information content (AvgIpc) is 2.15. The molecule has 0 atom stereocenters. The quantitative estimate of drug-likeness (QED) is 0.794. The third kappa shape index (κ3) is 3.40. The zero-order valence-electron chi connectivity index (χ0n) is 10.7. The summed E-state index contributed by atoms with van der Waals surface area (Å²) in [5.41, 5.74) is 7.54.